The molecule has 0 heterocycles. The Hall–Kier alpha value is -1.27. The van der Waals surface area contributed by atoms with E-state index >= 15 is 0 Å². The molecule has 0 radical (unpaired) electrons. The monoisotopic (exact) mass is 290 g/mol. The maximum atomic E-state index is 11.9. The first-order valence-electron chi connectivity index (χ1n) is 5.39. The van der Waals surface area contributed by atoms with Gasteiger partial charge in [0.2, 0.25) is 10.0 Å². The number of carbonyl (C=O) groups excluding carboxylic acids is 1. The van der Waals surface area contributed by atoms with Crippen LogP contribution < -0.4 is 10.0 Å². The van der Waals surface area contributed by atoms with Crippen molar-refractivity contribution in [1.29, 1.82) is 0 Å². The molecule has 1 amide bonds. The van der Waals surface area contributed by atoms with Crippen LogP contribution in [-0.2, 0) is 10.0 Å². The van der Waals surface area contributed by atoms with Gasteiger partial charge in [-0.1, -0.05) is 18.5 Å². The van der Waals surface area contributed by atoms with Crippen molar-refractivity contribution in [2.45, 2.75) is 13.3 Å². The first kappa shape index (κ1) is 14.8. The number of hydrogen-bond donors (Lipinski definition) is 2. The van der Waals surface area contributed by atoms with Gasteiger partial charge in [-0.25, -0.2) is 8.42 Å². The summed E-state index contributed by atoms with van der Waals surface area (Å²) in [6.45, 7) is 2.44. The van der Waals surface area contributed by atoms with Gasteiger partial charge in [0, 0.05) is 11.6 Å². The molecule has 18 heavy (non-hydrogen) atoms. The van der Waals surface area contributed by atoms with Gasteiger partial charge in [0.05, 0.1) is 17.5 Å². The second-order valence-electron chi connectivity index (χ2n) is 3.82. The van der Waals surface area contributed by atoms with Gasteiger partial charge in [-0.2, -0.15) is 0 Å². The maximum Gasteiger partial charge on any atom is 0.253 e. The van der Waals surface area contributed by atoms with Crippen molar-refractivity contribution < 1.29 is 13.2 Å². The minimum Gasteiger partial charge on any atom is -0.352 e. The van der Waals surface area contributed by atoms with Crippen LogP contribution in [0.3, 0.4) is 0 Å². The summed E-state index contributed by atoms with van der Waals surface area (Å²) in [7, 11) is -3.44. The quantitative estimate of drug-likeness (QED) is 0.869. The molecule has 0 aromatic heterocycles. The Bertz CT molecular complexity index is 543. The minimum atomic E-state index is -3.44. The summed E-state index contributed by atoms with van der Waals surface area (Å²) < 4.78 is 24.7. The Morgan fingerprint density at radius 2 is 2.06 bits per heavy atom. The van der Waals surface area contributed by atoms with E-state index in [9.17, 15) is 13.2 Å². The van der Waals surface area contributed by atoms with E-state index in [1.54, 1.807) is 0 Å². The van der Waals surface area contributed by atoms with E-state index in [1.807, 2.05) is 6.92 Å². The molecular formula is C11H15ClN2O3S. The van der Waals surface area contributed by atoms with Crippen molar-refractivity contribution in [2.75, 3.05) is 17.5 Å². The number of hydrogen-bond acceptors (Lipinski definition) is 3. The van der Waals surface area contributed by atoms with Gasteiger partial charge in [0.25, 0.3) is 5.91 Å². The molecule has 0 saturated heterocycles. The highest BCUT2D eigenvalue weighted by molar-refractivity contribution is 7.92. The summed E-state index contributed by atoms with van der Waals surface area (Å²) in [6.07, 6.45) is 1.82. The fraction of sp³-hybridized carbons (Fsp3) is 0.364. The van der Waals surface area contributed by atoms with Crippen LogP contribution in [0.1, 0.15) is 23.7 Å². The van der Waals surface area contributed by atoms with E-state index in [0.717, 1.165) is 12.7 Å². The van der Waals surface area contributed by atoms with E-state index < -0.39 is 10.0 Å². The molecule has 0 aliphatic heterocycles. The van der Waals surface area contributed by atoms with Crippen LogP contribution in [0, 0.1) is 0 Å². The fourth-order valence-corrected chi connectivity index (χ4v) is 2.08. The summed E-state index contributed by atoms with van der Waals surface area (Å²) >= 11 is 5.81. The van der Waals surface area contributed by atoms with E-state index in [0.29, 0.717) is 11.6 Å². The largest absolute Gasteiger partial charge is 0.352 e. The maximum absolute atomic E-state index is 11.9. The molecule has 0 saturated carbocycles. The Morgan fingerprint density at radius 1 is 1.39 bits per heavy atom. The molecule has 1 aromatic carbocycles. The van der Waals surface area contributed by atoms with Gasteiger partial charge in [-0.3, -0.25) is 9.52 Å². The molecule has 0 atom stereocenters. The molecule has 2 N–H and O–H groups in total. The summed E-state index contributed by atoms with van der Waals surface area (Å²) in [5.74, 6) is -0.356. The number of carbonyl (C=O) groups is 1. The first-order chi connectivity index (χ1) is 8.33. The molecule has 1 aromatic rings. The average Bonchev–Trinajstić information content (AvgIpc) is 2.26. The van der Waals surface area contributed by atoms with Crippen LogP contribution >= 0.6 is 11.6 Å². The molecular weight excluding hydrogens is 276 g/mol. The zero-order valence-corrected chi connectivity index (χ0v) is 11.7. The van der Waals surface area contributed by atoms with Gasteiger partial charge >= 0.3 is 0 Å². The third kappa shape index (κ3) is 4.54. The molecule has 0 unspecified atom stereocenters. The van der Waals surface area contributed by atoms with Crippen LogP contribution in [0.15, 0.2) is 18.2 Å². The van der Waals surface area contributed by atoms with Gasteiger partial charge < -0.3 is 5.32 Å². The van der Waals surface area contributed by atoms with Crippen molar-refractivity contribution in [3.63, 3.8) is 0 Å². The number of sulfonamides is 1. The molecule has 100 valence electrons. The van der Waals surface area contributed by atoms with Gasteiger partial charge in [0.1, 0.15) is 0 Å². The first-order valence-corrected chi connectivity index (χ1v) is 7.66. The number of nitrogens with one attached hydrogen (secondary N) is 2. The minimum absolute atomic E-state index is 0.210. The molecule has 0 fully saturated rings. The molecule has 0 bridgehead atoms. The van der Waals surface area contributed by atoms with E-state index in [4.69, 9.17) is 11.6 Å². The second-order valence-corrected chi connectivity index (χ2v) is 6.00. The van der Waals surface area contributed by atoms with Crippen molar-refractivity contribution in [1.82, 2.24) is 5.32 Å². The number of benzene rings is 1. The zero-order valence-electron chi connectivity index (χ0n) is 10.2. The predicted molar refractivity (Wildman–Crippen MR) is 72.5 cm³/mol. The third-order valence-electron chi connectivity index (χ3n) is 2.06. The van der Waals surface area contributed by atoms with Crippen LogP contribution in [-0.4, -0.2) is 27.1 Å². The van der Waals surface area contributed by atoms with Gasteiger partial charge in [0.15, 0.2) is 0 Å². The number of amides is 1. The number of anilines is 1. The summed E-state index contributed by atoms with van der Waals surface area (Å²) in [5, 5.41) is 3.04. The topological polar surface area (TPSA) is 75.3 Å². The van der Waals surface area contributed by atoms with Crippen molar-refractivity contribution in [3.05, 3.63) is 28.8 Å². The van der Waals surface area contributed by atoms with Gasteiger partial charge in [-0.15, -0.1) is 0 Å². The standard InChI is InChI=1S/C11H15ClN2O3S/c1-3-6-13-11(15)9-7-8(12)4-5-10(9)14-18(2,16)17/h4-5,7,14H,3,6H2,1-2H3,(H,13,15). The summed E-state index contributed by atoms with van der Waals surface area (Å²) in [4.78, 5) is 11.9. The van der Waals surface area contributed by atoms with Crippen LogP contribution in [0.4, 0.5) is 5.69 Å². The van der Waals surface area contributed by atoms with Crippen LogP contribution in [0.5, 0.6) is 0 Å². The summed E-state index contributed by atoms with van der Waals surface area (Å²) in [6, 6.07) is 4.41. The fourth-order valence-electron chi connectivity index (χ4n) is 1.33. The smallest absolute Gasteiger partial charge is 0.253 e. The Morgan fingerprint density at radius 3 is 2.61 bits per heavy atom. The highest BCUT2D eigenvalue weighted by atomic mass is 35.5. The molecule has 0 aliphatic carbocycles. The molecule has 1 rings (SSSR count). The third-order valence-corrected chi connectivity index (χ3v) is 2.88. The van der Waals surface area contributed by atoms with Crippen LogP contribution in [0.2, 0.25) is 5.02 Å². The molecule has 0 spiro atoms. The SMILES string of the molecule is CCCNC(=O)c1cc(Cl)ccc1NS(C)(=O)=O. The van der Waals surface area contributed by atoms with E-state index in [2.05, 4.69) is 10.0 Å². The number of halogens is 1. The Kier molecular flexibility index (Phi) is 4.98. The molecule has 0 aliphatic rings. The molecule has 5 nitrogen and oxygen atoms in total. The lowest BCUT2D eigenvalue weighted by atomic mass is 10.1. The average molecular weight is 291 g/mol. The molecule has 7 heteroatoms. The normalized spacial score (nSPS) is 11.1. The Balaban J connectivity index is 3.07. The summed E-state index contributed by atoms with van der Waals surface area (Å²) in [5.41, 5.74) is 0.428. The highest BCUT2D eigenvalue weighted by Crippen LogP contribution is 2.21. The van der Waals surface area contributed by atoms with Crippen molar-refractivity contribution >= 4 is 33.2 Å². The van der Waals surface area contributed by atoms with Crippen molar-refractivity contribution in [3.8, 4) is 0 Å². The predicted octanol–water partition coefficient (Wildman–Crippen LogP) is 1.85. The van der Waals surface area contributed by atoms with E-state index in [-0.39, 0.29) is 17.2 Å². The van der Waals surface area contributed by atoms with Crippen molar-refractivity contribution in [2.24, 2.45) is 0 Å². The lowest BCUT2D eigenvalue weighted by Crippen LogP contribution is -2.25. The second kappa shape index (κ2) is 6.06. The zero-order chi connectivity index (χ0) is 13.8. The lowest BCUT2D eigenvalue weighted by molar-refractivity contribution is 0.0954. The van der Waals surface area contributed by atoms with Gasteiger partial charge in [-0.05, 0) is 24.6 Å². The highest BCUT2D eigenvalue weighted by Gasteiger charge is 2.14. The Labute approximate surface area is 112 Å². The lowest BCUT2D eigenvalue weighted by Gasteiger charge is -2.11. The number of rotatable bonds is 5. The van der Waals surface area contributed by atoms with E-state index in [1.165, 1.54) is 18.2 Å². The van der Waals surface area contributed by atoms with Crippen LogP contribution in [0.25, 0.3) is 0 Å².